The molecule has 0 radical (unpaired) electrons. The smallest absolute Gasteiger partial charge is 0.172 e. The summed E-state index contributed by atoms with van der Waals surface area (Å²) in [4.78, 5) is 14.7. The van der Waals surface area contributed by atoms with Crippen molar-refractivity contribution in [2.24, 2.45) is 5.73 Å². The van der Waals surface area contributed by atoms with Gasteiger partial charge in [-0.25, -0.2) is 0 Å². The zero-order chi connectivity index (χ0) is 9.68. The second-order valence-corrected chi connectivity index (χ2v) is 2.70. The van der Waals surface area contributed by atoms with Gasteiger partial charge in [-0.15, -0.1) is 11.6 Å². The van der Waals surface area contributed by atoms with Crippen LogP contribution in [0.2, 0.25) is 0 Å². The molecule has 4 heteroatoms. The highest BCUT2D eigenvalue weighted by atomic mass is 35.5. The topological polar surface area (TPSA) is 56.0 Å². The normalized spacial score (nSPS) is 11.3. The zero-order valence-electron chi connectivity index (χ0n) is 6.90. The average Bonchev–Trinajstić information content (AvgIpc) is 2.19. The summed E-state index contributed by atoms with van der Waals surface area (Å²) in [6.07, 6.45) is 4.55. The van der Waals surface area contributed by atoms with Crippen LogP contribution in [0, 0.1) is 0 Å². The van der Waals surface area contributed by atoms with Gasteiger partial charge in [-0.1, -0.05) is 0 Å². The van der Waals surface area contributed by atoms with E-state index < -0.39 is 0 Å². The molecule has 0 saturated carbocycles. The number of nitrogens with zero attached hydrogens (tertiary/aromatic N) is 1. The predicted octanol–water partition coefficient (Wildman–Crippen LogP) is 1.19. The Morgan fingerprint density at radius 3 is 2.69 bits per heavy atom. The molecule has 0 atom stereocenters. The Hall–Kier alpha value is -1.35. The van der Waals surface area contributed by atoms with Crippen LogP contribution in [-0.4, -0.2) is 16.6 Å². The summed E-state index contributed by atoms with van der Waals surface area (Å²) in [6.45, 7) is 0. The first-order chi connectivity index (χ1) is 6.24. The van der Waals surface area contributed by atoms with Crippen molar-refractivity contribution >= 4 is 23.1 Å². The molecule has 0 spiro atoms. The minimum atomic E-state index is -0.198. The maximum atomic E-state index is 10.9. The van der Waals surface area contributed by atoms with Crippen LogP contribution in [0.15, 0.2) is 30.6 Å². The van der Waals surface area contributed by atoms with E-state index in [1.807, 2.05) is 0 Å². The number of nitrogens with two attached hydrogens (primary N) is 1. The monoisotopic (exact) mass is 196 g/mol. The van der Waals surface area contributed by atoms with Gasteiger partial charge >= 0.3 is 0 Å². The first-order valence-electron chi connectivity index (χ1n) is 3.70. The first-order valence-corrected chi connectivity index (χ1v) is 4.24. The third kappa shape index (κ3) is 2.87. The quantitative estimate of drug-likeness (QED) is 0.584. The number of pyridine rings is 1. The molecule has 1 aromatic heterocycles. The number of ketones is 1. The van der Waals surface area contributed by atoms with Crippen LogP contribution in [-0.2, 0) is 4.79 Å². The molecule has 0 bridgehead atoms. The molecular formula is C9H9ClN2O. The maximum Gasteiger partial charge on any atom is 0.172 e. The van der Waals surface area contributed by atoms with E-state index in [2.05, 4.69) is 4.98 Å². The summed E-state index contributed by atoms with van der Waals surface area (Å²) in [7, 11) is 0. The fraction of sp³-hybridized carbons (Fsp3) is 0.111. The number of aromatic nitrogens is 1. The van der Waals surface area contributed by atoms with Crippen molar-refractivity contribution in [2.45, 2.75) is 0 Å². The number of halogens is 1. The standard InChI is InChI=1S/C9H9ClN2O/c10-6-8(13)5-9(11)7-1-3-12-4-2-7/h1-5H,6,11H2/b9-5-. The van der Waals surface area contributed by atoms with Gasteiger partial charge in [-0.2, -0.15) is 0 Å². The molecule has 1 heterocycles. The van der Waals surface area contributed by atoms with Crippen LogP contribution in [0.1, 0.15) is 5.56 Å². The van der Waals surface area contributed by atoms with E-state index in [4.69, 9.17) is 17.3 Å². The lowest BCUT2D eigenvalue weighted by Gasteiger charge is -1.98. The Bertz CT molecular complexity index is 322. The Balaban J connectivity index is 2.85. The molecular weight excluding hydrogens is 188 g/mol. The summed E-state index contributed by atoms with van der Waals surface area (Å²) in [5.41, 5.74) is 6.81. The summed E-state index contributed by atoms with van der Waals surface area (Å²) < 4.78 is 0. The van der Waals surface area contributed by atoms with Crippen LogP contribution in [0.3, 0.4) is 0 Å². The van der Waals surface area contributed by atoms with Crippen molar-refractivity contribution in [3.63, 3.8) is 0 Å². The number of carbonyl (C=O) groups is 1. The van der Waals surface area contributed by atoms with Gasteiger partial charge in [0.2, 0.25) is 0 Å². The van der Waals surface area contributed by atoms with Crippen molar-refractivity contribution < 1.29 is 4.79 Å². The van der Waals surface area contributed by atoms with E-state index in [1.54, 1.807) is 24.5 Å². The number of alkyl halides is 1. The van der Waals surface area contributed by atoms with E-state index in [-0.39, 0.29) is 11.7 Å². The van der Waals surface area contributed by atoms with Crippen molar-refractivity contribution in [2.75, 3.05) is 5.88 Å². The minimum absolute atomic E-state index is 0.0498. The van der Waals surface area contributed by atoms with Gasteiger partial charge in [0.1, 0.15) is 0 Å². The second kappa shape index (κ2) is 4.62. The first kappa shape index (κ1) is 9.74. The Morgan fingerprint density at radius 2 is 2.15 bits per heavy atom. The second-order valence-electron chi connectivity index (χ2n) is 2.44. The van der Waals surface area contributed by atoms with Crippen molar-refractivity contribution in [3.8, 4) is 0 Å². The molecule has 0 saturated heterocycles. The van der Waals surface area contributed by atoms with E-state index in [1.165, 1.54) is 6.08 Å². The zero-order valence-corrected chi connectivity index (χ0v) is 7.66. The molecule has 2 N–H and O–H groups in total. The average molecular weight is 197 g/mol. The molecule has 0 fully saturated rings. The molecule has 3 nitrogen and oxygen atoms in total. The lowest BCUT2D eigenvalue weighted by molar-refractivity contribution is -0.112. The number of rotatable bonds is 3. The number of hydrogen-bond donors (Lipinski definition) is 1. The third-order valence-electron chi connectivity index (χ3n) is 1.46. The molecule has 0 aliphatic carbocycles. The third-order valence-corrected chi connectivity index (χ3v) is 1.73. The lowest BCUT2D eigenvalue weighted by atomic mass is 10.2. The highest BCUT2D eigenvalue weighted by Crippen LogP contribution is 2.06. The van der Waals surface area contributed by atoms with Crippen molar-refractivity contribution in [3.05, 3.63) is 36.2 Å². The SMILES string of the molecule is N/C(=C\C(=O)CCl)c1ccncc1. The maximum absolute atomic E-state index is 10.9. The van der Waals surface area contributed by atoms with Crippen molar-refractivity contribution in [1.82, 2.24) is 4.98 Å². The van der Waals surface area contributed by atoms with E-state index >= 15 is 0 Å². The van der Waals surface area contributed by atoms with Gasteiger partial charge in [0.15, 0.2) is 5.78 Å². The highest BCUT2D eigenvalue weighted by molar-refractivity contribution is 6.29. The molecule has 0 amide bonds. The summed E-state index contributed by atoms with van der Waals surface area (Å²) >= 11 is 5.32. The molecule has 0 aliphatic heterocycles. The van der Waals surface area contributed by atoms with Crippen LogP contribution in [0.5, 0.6) is 0 Å². The molecule has 1 aromatic rings. The van der Waals surface area contributed by atoms with Gasteiger partial charge in [0, 0.05) is 29.7 Å². The molecule has 13 heavy (non-hydrogen) atoms. The van der Waals surface area contributed by atoms with Gasteiger partial charge in [-0.3, -0.25) is 9.78 Å². The Kier molecular flexibility index (Phi) is 3.46. The fourth-order valence-electron chi connectivity index (χ4n) is 0.840. The largest absolute Gasteiger partial charge is 0.398 e. The molecule has 68 valence electrons. The summed E-state index contributed by atoms with van der Waals surface area (Å²) in [5, 5.41) is 0. The summed E-state index contributed by atoms with van der Waals surface area (Å²) in [6, 6.07) is 3.46. The lowest BCUT2D eigenvalue weighted by Crippen LogP contribution is -2.02. The van der Waals surface area contributed by atoms with Crippen molar-refractivity contribution in [1.29, 1.82) is 0 Å². The van der Waals surface area contributed by atoms with Crippen LogP contribution in [0.25, 0.3) is 5.70 Å². The molecule has 0 aromatic carbocycles. The minimum Gasteiger partial charge on any atom is -0.398 e. The van der Waals surface area contributed by atoms with Crippen LogP contribution < -0.4 is 5.73 Å². The highest BCUT2D eigenvalue weighted by Gasteiger charge is 1.98. The van der Waals surface area contributed by atoms with E-state index in [0.29, 0.717) is 5.70 Å². The molecule has 1 rings (SSSR count). The molecule has 0 aliphatic rings. The van der Waals surface area contributed by atoms with Crippen LogP contribution >= 0.6 is 11.6 Å². The number of allylic oxidation sites excluding steroid dienone is 1. The van der Waals surface area contributed by atoms with E-state index in [9.17, 15) is 4.79 Å². The van der Waals surface area contributed by atoms with E-state index in [0.717, 1.165) is 5.56 Å². The van der Waals surface area contributed by atoms with Crippen LogP contribution in [0.4, 0.5) is 0 Å². The predicted molar refractivity (Wildman–Crippen MR) is 52.1 cm³/mol. The fourth-order valence-corrected chi connectivity index (χ4v) is 0.917. The van der Waals surface area contributed by atoms with Gasteiger partial charge in [0.05, 0.1) is 5.88 Å². The molecule has 0 unspecified atom stereocenters. The van der Waals surface area contributed by atoms with Gasteiger partial charge in [-0.05, 0) is 12.1 Å². The Labute approximate surface area is 81.2 Å². The Morgan fingerprint density at radius 1 is 1.54 bits per heavy atom. The van der Waals surface area contributed by atoms with Gasteiger partial charge < -0.3 is 5.73 Å². The summed E-state index contributed by atoms with van der Waals surface area (Å²) in [5.74, 6) is -0.248. The number of carbonyl (C=O) groups excluding carboxylic acids is 1. The van der Waals surface area contributed by atoms with Gasteiger partial charge in [0.25, 0.3) is 0 Å². The number of hydrogen-bond acceptors (Lipinski definition) is 3.